The maximum Gasteiger partial charge on any atom is 0.293 e. The number of nitrogens with zero attached hydrogens (tertiary/aromatic N) is 5. The standard InChI is InChI=1S/C58H70N8O9S/c1-38(2)46-8-6-7-9-47(46)51-37-63(36-40-10-15-52(73-4)54(28-40)74-5)26-27-65(51)43-32-58(33-43)21-24-64(25-22-58)42-11-13-48(53(30-42)75-44-29-41-18-23-59-55(41)61-35-44)56(67)62-76(71,72)45-12-14-49(50(31-45)66(69)70)60-34-39-16-19-57(3,68)20-17-39/h6-15,18,23,28-31,35,38-39,43,51,60,68H,16-17,19-22,24-27,32-34,36-37H2,1-5H3,(H,59,61)(H,62,67)/t39?,51-,57?/m1/s1. The van der Waals surface area contributed by atoms with Crippen molar-refractivity contribution in [1.29, 1.82) is 0 Å². The Kier molecular flexibility index (Phi) is 15.1. The molecule has 1 amide bonds. The van der Waals surface area contributed by atoms with E-state index in [1.807, 2.05) is 25.1 Å². The number of nitro groups is 1. The Bertz CT molecular complexity index is 3190. The zero-order chi connectivity index (χ0) is 53.4. The average molecular weight is 1060 g/mol. The highest BCUT2D eigenvalue weighted by Crippen LogP contribution is 2.53. The van der Waals surface area contributed by atoms with Crippen LogP contribution in [0, 0.1) is 21.4 Å². The van der Waals surface area contributed by atoms with E-state index in [-0.39, 0.29) is 34.4 Å². The van der Waals surface area contributed by atoms with E-state index in [4.69, 9.17) is 14.2 Å². The fourth-order valence-corrected chi connectivity index (χ4v) is 13.2. The fraction of sp³-hybridized carbons (Fsp3) is 0.448. The lowest BCUT2D eigenvalue weighted by atomic mass is 9.59. The Balaban J connectivity index is 0.831. The second-order valence-corrected chi connectivity index (χ2v) is 23.8. The van der Waals surface area contributed by atoms with E-state index in [0.717, 1.165) is 106 Å². The van der Waals surface area contributed by atoms with E-state index < -0.39 is 37.0 Å². The molecule has 76 heavy (non-hydrogen) atoms. The van der Waals surface area contributed by atoms with Crippen LogP contribution in [-0.2, 0) is 16.6 Å². The monoisotopic (exact) mass is 1050 g/mol. The molecule has 402 valence electrons. The molecule has 2 aromatic heterocycles. The molecule has 17 nitrogen and oxygen atoms in total. The number of nitro benzene ring substituents is 1. The normalized spacial score (nSPS) is 21.3. The Labute approximate surface area is 445 Å². The molecule has 18 heteroatoms. The van der Waals surface area contributed by atoms with Gasteiger partial charge in [-0.25, -0.2) is 18.1 Å². The maximum absolute atomic E-state index is 14.1. The summed E-state index contributed by atoms with van der Waals surface area (Å²) in [5.74, 6) is 1.60. The number of anilines is 2. The maximum atomic E-state index is 14.1. The van der Waals surface area contributed by atoms with E-state index >= 15 is 0 Å². The summed E-state index contributed by atoms with van der Waals surface area (Å²) in [6, 6.07) is 28.3. The van der Waals surface area contributed by atoms with Crippen LogP contribution >= 0.6 is 0 Å². The first-order valence-electron chi connectivity index (χ1n) is 26.6. The SMILES string of the molecule is COc1ccc(CN2CCN(C3CC4(CCN(c5ccc(C(=O)NS(=O)(=O)c6ccc(NCC7CCC(C)(O)CC7)c([N+](=O)[O-])c6)c(Oc6cnc7[nH]ccc7c6)c5)CC4)C3)[C@@H](c3ccccc3C(C)C)C2)cc1OC. The molecule has 4 aromatic carbocycles. The molecule has 1 spiro atoms. The van der Waals surface area contributed by atoms with E-state index in [1.54, 1.807) is 44.8 Å². The highest BCUT2D eigenvalue weighted by molar-refractivity contribution is 7.90. The van der Waals surface area contributed by atoms with Gasteiger partial charge in [0.15, 0.2) is 11.5 Å². The summed E-state index contributed by atoms with van der Waals surface area (Å²) in [6.07, 6.45) is 10.4. The number of carbonyl (C=O) groups excluding carboxylic acids is 1. The van der Waals surface area contributed by atoms with Gasteiger partial charge in [0.05, 0.1) is 41.4 Å². The number of nitrogens with one attached hydrogen (secondary N) is 3. The summed E-state index contributed by atoms with van der Waals surface area (Å²) in [7, 11) is -1.25. The summed E-state index contributed by atoms with van der Waals surface area (Å²) in [4.78, 5) is 40.5. The summed E-state index contributed by atoms with van der Waals surface area (Å²) in [5.41, 5.74) is 4.71. The van der Waals surface area contributed by atoms with Crippen LogP contribution in [0.4, 0.5) is 17.1 Å². The first-order valence-corrected chi connectivity index (χ1v) is 28.1. The predicted octanol–water partition coefficient (Wildman–Crippen LogP) is 10.2. The number of fused-ring (bicyclic) bond motifs is 1. The third-order valence-corrected chi connectivity index (χ3v) is 17.9. The second-order valence-electron chi connectivity index (χ2n) is 22.1. The number of pyridine rings is 1. The van der Waals surface area contributed by atoms with Gasteiger partial charge in [0.1, 0.15) is 22.8 Å². The van der Waals surface area contributed by atoms with Gasteiger partial charge in [0.25, 0.3) is 21.6 Å². The van der Waals surface area contributed by atoms with Gasteiger partial charge in [0.2, 0.25) is 0 Å². The van der Waals surface area contributed by atoms with Crippen LogP contribution < -0.4 is 29.1 Å². The number of aromatic nitrogens is 2. The van der Waals surface area contributed by atoms with E-state index in [0.29, 0.717) is 42.7 Å². The van der Waals surface area contributed by atoms with Gasteiger partial charge in [-0.2, -0.15) is 0 Å². The number of aromatic amines is 1. The summed E-state index contributed by atoms with van der Waals surface area (Å²) in [6.45, 7) is 12.1. The molecule has 2 aliphatic heterocycles. The molecule has 6 aromatic rings. The quantitative estimate of drug-likeness (QED) is 0.0496. The van der Waals surface area contributed by atoms with E-state index in [2.05, 4.69) is 85.0 Å². The highest BCUT2D eigenvalue weighted by atomic mass is 32.2. The molecule has 2 saturated carbocycles. The second kappa shape index (κ2) is 21.7. The lowest BCUT2D eigenvalue weighted by molar-refractivity contribution is -0.384. The molecule has 10 rings (SSSR count). The molecule has 4 heterocycles. The number of ether oxygens (including phenoxy) is 3. The summed E-state index contributed by atoms with van der Waals surface area (Å²) < 4.78 is 47.5. The van der Waals surface area contributed by atoms with Crippen molar-refractivity contribution in [3.05, 3.63) is 136 Å². The number of piperazine rings is 1. The number of H-pyrrole nitrogens is 1. The minimum Gasteiger partial charge on any atom is -0.493 e. The molecule has 4 N–H and O–H groups in total. The Morgan fingerprint density at radius 2 is 1.67 bits per heavy atom. The number of amides is 1. The van der Waals surface area contributed by atoms with E-state index in [9.17, 15) is 28.4 Å². The van der Waals surface area contributed by atoms with Gasteiger partial charge < -0.3 is 34.5 Å². The smallest absolute Gasteiger partial charge is 0.293 e. The van der Waals surface area contributed by atoms with Crippen LogP contribution in [-0.4, -0.2) is 109 Å². The third-order valence-electron chi connectivity index (χ3n) is 16.6. The van der Waals surface area contributed by atoms with Crippen molar-refractivity contribution < 1.29 is 37.5 Å². The lowest BCUT2D eigenvalue weighted by Crippen LogP contribution is -2.60. The molecule has 2 saturated heterocycles. The molecule has 1 atom stereocenters. The van der Waals surface area contributed by atoms with Crippen LogP contribution in [0.5, 0.6) is 23.0 Å². The number of piperidine rings is 1. The molecule has 0 unspecified atom stereocenters. The van der Waals surface area contributed by atoms with Crippen molar-refractivity contribution in [3.63, 3.8) is 0 Å². The number of aliphatic hydroxyl groups is 1. The topological polar surface area (TPSA) is 205 Å². The predicted molar refractivity (Wildman–Crippen MR) is 293 cm³/mol. The minimum absolute atomic E-state index is 0.0338. The van der Waals surface area contributed by atoms with Gasteiger partial charge in [-0.05, 0) is 141 Å². The van der Waals surface area contributed by atoms with Gasteiger partial charge in [-0.1, -0.05) is 44.2 Å². The number of carbonyl (C=O) groups is 1. The Morgan fingerprint density at radius 1 is 0.908 bits per heavy atom. The van der Waals surface area contributed by atoms with Crippen LogP contribution in [0.25, 0.3) is 11.0 Å². The van der Waals surface area contributed by atoms with Crippen LogP contribution in [0.15, 0.2) is 108 Å². The number of benzene rings is 4. The molecular formula is C58H70N8O9S. The molecule has 0 bridgehead atoms. The first kappa shape index (κ1) is 52.7. The zero-order valence-electron chi connectivity index (χ0n) is 44.1. The largest absolute Gasteiger partial charge is 0.493 e. The number of hydrogen-bond donors (Lipinski definition) is 4. The van der Waals surface area contributed by atoms with Crippen molar-refractivity contribution in [2.24, 2.45) is 11.3 Å². The summed E-state index contributed by atoms with van der Waals surface area (Å²) >= 11 is 0. The minimum atomic E-state index is -4.59. The van der Waals surface area contributed by atoms with Crippen LogP contribution in [0.2, 0.25) is 0 Å². The molecule has 0 radical (unpaired) electrons. The number of sulfonamides is 1. The Hall–Kier alpha value is -6.73. The van der Waals surface area contributed by atoms with Gasteiger partial charge in [-0.3, -0.25) is 24.7 Å². The summed E-state index contributed by atoms with van der Waals surface area (Å²) in [5, 5.41) is 26.5. The highest BCUT2D eigenvalue weighted by Gasteiger charge is 2.50. The molecular weight excluding hydrogens is 985 g/mol. The van der Waals surface area contributed by atoms with Crippen LogP contribution in [0.1, 0.15) is 111 Å². The lowest BCUT2D eigenvalue weighted by Gasteiger charge is -2.58. The van der Waals surface area contributed by atoms with E-state index in [1.165, 1.54) is 28.8 Å². The van der Waals surface area contributed by atoms with Crippen LogP contribution in [0.3, 0.4) is 0 Å². The fourth-order valence-electron chi connectivity index (χ4n) is 12.2. The van der Waals surface area contributed by atoms with Crippen molar-refractivity contribution >= 4 is 44.0 Å². The van der Waals surface area contributed by atoms with Crippen molar-refractivity contribution in [1.82, 2.24) is 24.5 Å². The Morgan fingerprint density at radius 3 is 2.41 bits per heavy atom. The number of rotatable bonds is 17. The third kappa shape index (κ3) is 11.4. The first-order chi connectivity index (χ1) is 36.5. The van der Waals surface area contributed by atoms with Crippen molar-refractivity contribution in [3.8, 4) is 23.0 Å². The number of hydrogen-bond acceptors (Lipinski definition) is 14. The van der Waals surface area contributed by atoms with Crippen molar-refractivity contribution in [2.45, 2.75) is 107 Å². The van der Waals surface area contributed by atoms with Gasteiger partial charge in [-0.15, -0.1) is 0 Å². The molecule has 2 aliphatic carbocycles. The van der Waals surface area contributed by atoms with Gasteiger partial charge in [0, 0.05) is 87.3 Å². The van der Waals surface area contributed by atoms with Crippen molar-refractivity contribution in [2.75, 3.05) is 63.7 Å². The number of methoxy groups -OCH3 is 2. The molecule has 4 aliphatic rings. The average Bonchev–Trinajstić information content (AvgIpc) is 3.89. The van der Waals surface area contributed by atoms with Gasteiger partial charge >= 0.3 is 0 Å². The molecule has 4 fully saturated rings. The zero-order valence-corrected chi connectivity index (χ0v) is 44.9.